The zero-order valence-electron chi connectivity index (χ0n) is 5.04. The Balaban J connectivity index is 2.31. The Morgan fingerprint density at radius 3 is 3.33 bits per heavy atom. The van der Waals surface area contributed by atoms with Crippen molar-refractivity contribution in [2.24, 2.45) is 0 Å². The zero-order valence-corrected chi connectivity index (χ0v) is 5.04. The predicted molar refractivity (Wildman–Crippen MR) is 34.3 cm³/mol. The van der Waals surface area contributed by atoms with E-state index >= 15 is 0 Å². The summed E-state index contributed by atoms with van der Waals surface area (Å²) in [7, 11) is 0. The lowest BCUT2D eigenvalue weighted by molar-refractivity contribution is 0.841. The van der Waals surface area contributed by atoms with Crippen molar-refractivity contribution in [2.45, 2.75) is 18.3 Å². The fourth-order valence-corrected chi connectivity index (χ4v) is 1.80. The van der Waals surface area contributed by atoms with Gasteiger partial charge in [0.2, 0.25) is 0 Å². The molecule has 0 bridgehead atoms. The van der Waals surface area contributed by atoms with Crippen LogP contribution in [0.1, 0.15) is 29.5 Å². The van der Waals surface area contributed by atoms with Crippen LogP contribution in [0.15, 0.2) is 18.3 Å². The van der Waals surface area contributed by atoms with E-state index in [0.29, 0.717) is 0 Å². The molecule has 0 saturated heterocycles. The van der Waals surface area contributed by atoms with Crippen LogP contribution in [-0.2, 0) is 0 Å². The molecule has 0 spiro atoms. The van der Waals surface area contributed by atoms with E-state index in [2.05, 4.69) is 11.1 Å². The quantitative estimate of drug-likeness (QED) is 0.503. The Morgan fingerprint density at radius 1 is 1.44 bits per heavy atom. The molecular formula is C8H7N. The number of hydrogen-bond donors (Lipinski definition) is 0. The largest absolute Gasteiger partial charge is 0.261 e. The van der Waals surface area contributed by atoms with E-state index < -0.39 is 0 Å². The Bertz CT molecular complexity index is 240. The van der Waals surface area contributed by atoms with Crippen molar-refractivity contribution < 1.29 is 0 Å². The predicted octanol–water partition coefficient (Wildman–Crippen LogP) is 1.67. The maximum atomic E-state index is 4.29. The minimum atomic E-state index is 0.876. The van der Waals surface area contributed by atoms with Crippen molar-refractivity contribution >= 4 is 0 Å². The third-order valence-corrected chi connectivity index (χ3v) is 2.41. The molecule has 1 aromatic heterocycles. The van der Waals surface area contributed by atoms with E-state index in [4.69, 9.17) is 0 Å². The molecule has 0 radical (unpaired) electrons. The summed E-state index contributed by atoms with van der Waals surface area (Å²) in [5, 5.41) is 0. The molecule has 1 saturated carbocycles. The lowest BCUT2D eigenvalue weighted by Gasteiger charge is -2.14. The Morgan fingerprint density at radius 2 is 2.44 bits per heavy atom. The monoisotopic (exact) mass is 117 g/mol. The molecule has 2 atom stereocenters. The second kappa shape index (κ2) is 1.04. The van der Waals surface area contributed by atoms with Crippen LogP contribution in [0.5, 0.6) is 0 Å². The van der Waals surface area contributed by atoms with E-state index in [1.165, 1.54) is 17.7 Å². The van der Waals surface area contributed by atoms with Gasteiger partial charge in [0, 0.05) is 17.8 Å². The highest BCUT2D eigenvalue weighted by atomic mass is 14.8. The summed E-state index contributed by atoms with van der Waals surface area (Å²) in [5.74, 6) is 1.80. The van der Waals surface area contributed by atoms with Crippen molar-refractivity contribution in [1.82, 2.24) is 4.98 Å². The molecule has 0 aromatic carbocycles. The summed E-state index contributed by atoms with van der Waals surface area (Å²) < 4.78 is 0. The second-order valence-electron chi connectivity index (χ2n) is 2.93. The van der Waals surface area contributed by atoms with Crippen molar-refractivity contribution in [3.8, 4) is 0 Å². The first-order chi connectivity index (χ1) is 4.47. The van der Waals surface area contributed by atoms with Gasteiger partial charge >= 0.3 is 0 Å². The number of hydrogen-bond acceptors (Lipinski definition) is 1. The third kappa shape index (κ3) is 0.325. The van der Waals surface area contributed by atoms with Gasteiger partial charge in [-0.2, -0.15) is 0 Å². The van der Waals surface area contributed by atoms with E-state index in [-0.39, 0.29) is 0 Å². The van der Waals surface area contributed by atoms with Gasteiger partial charge in [-0.25, -0.2) is 0 Å². The van der Waals surface area contributed by atoms with Gasteiger partial charge in [-0.15, -0.1) is 0 Å². The first-order valence-corrected chi connectivity index (χ1v) is 3.41. The lowest BCUT2D eigenvalue weighted by Crippen LogP contribution is -2.02. The molecule has 1 heteroatoms. The first kappa shape index (κ1) is 4.04. The van der Waals surface area contributed by atoms with Crippen LogP contribution in [0, 0.1) is 0 Å². The molecule has 1 nitrogen and oxygen atoms in total. The summed E-state index contributed by atoms with van der Waals surface area (Å²) in [4.78, 5) is 4.29. The minimum absolute atomic E-state index is 0.876. The molecule has 0 amide bonds. The van der Waals surface area contributed by atoms with Crippen molar-refractivity contribution in [1.29, 1.82) is 0 Å². The summed E-state index contributed by atoms with van der Waals surface area (Å²) in [6, 6.07) is 4.24. The SMILES string of the molecule is c1cnc2c(c1)C1CC21. The van der Waals surface area contributed by atoms with E-state index in [1.807, 2.05) is 12.3 Å². The Labute approximate surface area is 53.7 Å². The zero-order chi connectivity index (χ0) is 5.84. The molecular weight excluding hydrogens is 110 g/mol. The average molecular weight is 117 g/mol. The first-order valence-electron chi connectivity index (χ1n) is 3.41. The van der Waals surface area contributed by atoms with Crippen LogP contribution in [0.4, 0.5) is 0 Å². The van der Waals surface area contributed by atoms with Gasteiger partial charge in [0.05, 0.1) is 0 Å². The molecule has 0 aliphatic heterocycles. The van der Waals surface area contributed by atoms with Crippen LogP contribution in [0.2, 0.25) is 0 Å². The molecule has 2 aliphatic rings. The van der Waals surface area contributed by atoms with E-state index in [0.717, 1.165) is 11.8 Å². The highest BCUT2D eigenvalue weighted by Gasteiger charge is 2.51. The smallest absolute Gasteiger partial charge is 0.0475 e. The van der Waals surface area contributed by atoms with Crippen molar-refractivity contribution in [2.75, 3.05) is 0 Å². The highest BCUT2D eigenvalue weighted by Crippen LogP contribution is 2.64. The molecule has 1 fully saturated rings. The van der Waals surface area contributed by atoms with Crippen LogP contribution in [0.3, 0.4) is 0 Å². The molecule has 3 rings (SSSR count). The van der Waals surface area contributed by atoms with Gasteiger partial charge in [0.15, 0.2) is 0 Å². The Kier molecular flexibility index (Phi) is 0.466. The fraction of sp³-hybridized carbons (Fsp3) is 0.375. The Hall–Kier alpha value is -0.850. The number of rotatable bonds is 0. The number of aromatic nitrogens is 1. The van der Waals surface area contributed by atoms with Gasteiger partial charge in [-0.1, -0.05) is 6.07 Å². The minimum Gasteiger partial charge on any atom is -0.261 e. The second-order valence-corrected chi connectivity index (χ2v) is 2.93. The van der Waals surface area contributed by atoms with Crippen LogP contribution < -0.4 is 0 Å². The van der Waals surface area contributed by atoms with Crippen LogP contribution in [-0.4, -0.2) is 4.98 Å². The van der Waals surface area contributed by atoms with E-state index in [9.17, 15) is 0 Å². The van der Waals surface area contributed by atoms with Gasteiger partial charge < -0.3 is 0 Å². The molecule has 2 aliphatic carbocycles. The van der Waals surface area contributed by atoms with Gasteiger partial charge in [0.1, 0.15) is 0 Å². The maximum absolute atomic E-state index is 4.29. The summed E-state index contributed by atoms with van der Waals surface area (Å²) in [6.07, 6.45) is 3.28. The van der Waals surface area contributed by atoms with Crippen molar-refractivity contribution in [3.63, 3.8) is 0 Å². The van der Waals surface area contributed by atoms with Crippen LogP contribution >= 0.6 is 0 Å². The molecule has 44 valence electrons. The fourth-order valence-electron chi connectivity index (χ4n) is 1.80. The molecule has 9 heavy (non-hydrogen) atoms. The van der Waals surface area contributed by atoms with Gasteiger partial charge in [0.25, 0.3) is 0 Å². The standard InChI is InChI=1S/C8H7N/c1-2-5-6-4-7(6)8(5)9-3-1/h1-3,6-7H,4H2. The molecule has 1 heterocycles. The molecule has 0 N–H and O–H groups in total. The van der Waals surface area contributed by atoms with Crippen molar-refractivity contribution in [3.05, 3.63) is 29.6 Å². The number of nitrogens with zero attached hydrogens (tertiary/aromatic N) is 1. The normalized spacial score (nSPS) is 34.2. The highest BCUT2D eigenvalue weighted by molar-refractivity contribution is 5.48. The topological polar surface area (TPSA) is 12.9 Å². The van der Waals surface area contributed by atoms with Gasteiger partial charge in [-0.05, 0) is 24.0 Å². The average Bonchev–Trinajstić information content (AvgIpc) is 2.58. The molecule has 2 unspecified atom stereocenters. The summed E-state index contributed by atoms with van der Waals surface area (Å²) in [6.45, 7) is 0. The lowest BCUT2D eigenvalue weighted by atomic mass is 9.95. The number of pyridine rings is 1. The van der Waals surface area contributed by atoms with Crippen LogP contribution in [0.25, 0.3) is 0 Å². The van der Waals surface area contributed by atoms with E-state index in [1.54, 1.807) is 0 Å². The van der Waals surface area contributed by atoms with Gasteiger partial charge in [-0.3, -0.25) is 4.98 Å². The molecule has 1 aromatic rings. The summed E-state index contributed by atoms with van der Waals surface area (Å²) >= 11 is 0. The number of fused-ring (bicyclic) bond motifs is 4. The summed E-state index contributed by atoms with van der Waals surface area (Å²) in [5.41, 5.74) is 2.89. The maximum Gasteiger partial charge on any atom is 0.0475 e. The third-order valence-electron chi connectivity index (χ3n) is 2.41.